The number of aryl methyl sites for hydroxylation is 3. The first-order chi connectivity index (χ1) is 18.8. The number of ether oxygens (including phenoxy) is 1. The van der Waals surface area contributed by atoms with E-state index in [9.17, 15) is 14.7 Å². The fraction of sp³-hybridized carbons (Fsp3) is 0.281. The molecule has 1 saturated heterocycles. The van der Waals surface area contributed by atoms with E-state index in [1.165, 1.54) is 16.0 Å². The van der Waals surface area contributed by atoms with Crippen molar-refractivity contribution in [1.82, 2.24) is 9.97 Å². The second kappa shape index (κ2) is 9.73. The van der Waals surface area contributed by atoms with Crippen LogP contribution in [-0.2, 0) is 22.4 Å². The van der Waals surface area contributed by atoms with Gasteiger partial charge in [-0.25, -0.2) is 4.98 Å². The molecule has 1 amide bonds. The number of nitrogens with zero attached hydrogens (tertiary/aromatic N) is 2. The number of H-pyrrole nitrogens is 1. The molecule has 2 heterocycles. The summed E-state index contributed by atoms with van der Waals surface area (Å²) in [6, 6.07) is 18.0. The molecular weight excluding hydrogens is 490 g/mol. The highest BCUT2D eigenvalue weighted by atomic mass is 16.5. The van der Waals surface area contributed by atoms with Crippen LogP contribution in [0.1, 0.15) is 60.5 Å². The van der Waals surface area contributed by atoms with Gasteiger partial charge in [-0.15, -0.1) is 0 Å². The number of ketones is 1. The molecule has 7 heteroatoms. The molecule has 2 N–H and O–H groups in total. The van der Waals surface area contributed by atoms with E-state index in [0.717, 1.165) is 36.8 Å². The predicted molar refractivity (Wildman–Crippen MR) is 151 cm³/mol. The van der Waals surface area contributed by atoms with Crippen molar-refractivity contribution < 1.29 is 19.4 Å². The Bertz CT molecular complexity index is 1630. The number of aliphatic hydroxyl groups is 1. The minimum atomic E-state index is -0.865. The zero-order valence-electron chi connectivity index (χ0n) is 22.3. The number of Topliss-reactive ketones (excluding diaryl/α,β-unsaturated/α-hetero) is 1. The number of hydrogen-bond donors (Lipinski definition) is 2. The number of amides is 1. The molecule has 0 bridgehead atoms. The summed E-state index contributed by atoms with van der Waals surface area (Å²) < 4.78 is 5.81. The van der Waals surface area contributed by atoms with Gasteiger partial charge in [-0.3, -0.25) is 14.5 Å². The maximum atomic E-state index is 13.6. The molecule has 3 aromatic carbocycles. The number of imidazole rings is 1. The van der Waals surface area contributed by atoms with Crippen LogP contribution in [0.4, 0.5) is 5.95 Å². The normalized spacial score (nSPS) is 18.7. The lowest BCUT2D eigenvalue weighted by Gasteiger charge is -2.23. The van der Waals surface area contributed by atoms with E-state index < -0.39 is 17.7 Å². The van der Waals surface area contributed by atoms with E-state index in [2.05, 4.69) is 9.97 Å². The molecule has 1 unspecified atom stereocenters. The Labute approximate surface area is 227 Å². The van der Waals surface area contributed by atoms with Crippen molar-refractivity contribution in [3.05, 3.63) is 94.1 Å². The molecule has 4 aromatic rings. The summed E-state index contributed by atoms with van der Waals surface area (Å²) in [6.45, 7) is 5.88. The lowest BCUT2D eigenvalue weighted by molar-refractivity contribution is -0.132. The quantitative estimate of drug-likeness (QED) is 0.186. The highest BCUT2D eigenvalue weighted by Gasteiger charge is 2.48. The topological polar surface area (TPSA) is 95.5 Å². The minimum absolute atomic E-state index is 0.00417. The third-order valence-corrected chi connectivity index (χ3v) is 7.49. The molecule has 1 atom stereocenters. The van der Waals surface area contributed by atoms with Crippen molar-refractivity contribution in [3.8, 4) is 5.75 Å². The van der Waals surface area contributed by atoms with Crippen molar-refractivity contribution in [2.45, 2.75) is 58.6 Å². The Morgan fingerprint density at radius 2 is 1.74 bits per heavy atom. The molecule has 0 saturated carbocycles. The summed E-state index contributed by atoms with van der Waals surface area (Å²) in [4.78, 5) is 36.4. The van der Waals surface area contributed by atoms with Gasteiger partial charge in [-0.05, 0) is 99.0 Å². The number of fused-ring (bicyclic) bond motifs is 2. The molecule has 1 aliphatic carbocycles. The van der Waals surface area contributed by atoms with E-state index in [0.29, 0.717) is 22.4 Å². The molecule has 7 nitrogen and oxygen atoms in total. The fourth-order valence-corrected chi connectivity index (χ4v) is 5.63. The minimum Gasteiger partial charge on any atom is -0.507 e. The van der Waals surface area contributed by atoms with Crippen molar-refractivity contribution in [2.75, 3.05) is 4.90 Å². The van der Waals surface area contributed by atoms with Gasteiger partial charge in [0.15, 0.2) is 0 Å². The summed E-state index contributed by atoms with van der Waals surface area (Å²) in [7, 11) is 0. The number of rotatable bonds is 5. The number of aromatic amines is 1. The number of nitrogens with one attached hydrogen (secondary N) is 1. The van der Waals surface area contributed by atoms with Gasteiger partial charge in [0, 0.05) is 5.56 Å². The van der Waals surface area contributed by atoms with Gasteiger partial charge < -0.3 is 14.8 Å². The number of benzene rings is 3. The Morgan fingerprint density at radius 3 is 2.49 bits per heavy atom. The Hall–Kier alpha value is -4.39. The smallest absolute Gasteiger partial charge is 0.302 e. The lowest BCUT2D eigenvalue weighted by Crippen LogP contribution is -2.30. The third-order valence-electron chi connectivity index (χ3n) is 7.49. The van der Waals surface area contributed by atoms with E-state index in [1.807, 2.05) is 81.4 Å². The van der Waals surface area contributed by atoms with Gasteiger partial charge in [-0.1, -0.05) is 30.3 Å². The van der Waals surface area contributed by atoms with Crippen molar-refractivity contribution in [2.24, 2.45) is 0 Å². The zero-order chi connectivity index (χ0) is 27.3. The molecule has 198 valence electrons. The second-order valence-electron chi connectivity index (χ2n) is 10.7. The first-order valence-electron chi connectivity index (χ1n) is 13.5. The Balaban J connectivity index is 1.51. The number of anilines is 1. The number of carbonyl (C=O) groups is 2. The SMILES string of the molecule is Cc1ccc2nc(N3C(=O)C(=O)/C(=C(/O)c4ccc5c(c4)CCCC5)C3c3ccc(OC(C)C)cc3)[nH]c2c1. The molecule has 6 rings (SSSR count). The van der Waals surface area contributed by atoms with Crippen molar-refractivity contribution >= 4 is 34.4 Å². The summed E-state index contributed by atoms with van der Waals surface area (Å²) in [5.74, 6) is -0.717. The molecule has 0 radical (unpaired) electrons. The molecule has 1 fully saturated rings. The largest absolute Gasteiger partial charge is 0.507 e. The van der Waals surface area contributed by atoms with Gasteiger partial charge in [0.25, 0.3) is 5.78 Å². The molecule has 1 aromatic heterocycles. The average Bonchev–Trinajstić information content (AvgIpc) is 3.45. The fourth-order valence-electron chi connectivity index (χ4n) is 5.63. The highest BCUT2D eigenvalue weighted by Crippen LogP contribution is 2.42. The first kappa shape index (κ1) is 24.9. The van der Waals surface area contributed by atoms with Gasteiger partial charge in [-0.2, -0.15) is 0 Å². The van der Waals surface area contributed by atoms with Crippen LogP contribution >= 0.6 is 0 Å². The Kier molecular flexibility index (Phi) is 6.22. The van der Waals surface area contributed by atoms with Crippen LogP contribution in [0.15, 0.2) is 66.2 Å². The van der Waals surface area contributed by atoms with Crippen LogP contribution < -0.4 is 9.64 Å². The number of aliphatic hydroxyl groups excluding tert-OH is 1. The van der Waals surface area contributed by atoms with E-state index in [-0.39, 0.29) is 23.4 Å². The van der Waals surface area contributed by atoms with Gasteiger partial charge >= 0.3 is 5.91 Å². The summed E-state index contributed by atoms with van der Waals surface area (Å²) >= 11 is 0. The third kappa shape index (κ3) is 4.48. The summed E-state index contributed by atoms with van der Waals surface area (Å²) in [6.07, 6.45) is 4.19. The molecule has 39 heavy (non-hydrogen) atoms. The first-order valence-corrected chi connectivity index (χ1v) is 13.5. The monoisotopic (exact) mass is 521 g/mol. The number of aromatic nitrogens is 2. The lowest BCUT2D eigenvalue weighted by atomic mass is 9.89. The van der Waals surface area contributed by atoms with Gasteiger partial charge in [0.1, 0.15) is 11.5 Å². The van der Waals surface area contributed by atoms with Crippen LogP contribution in [0, 0.1) is 6.92 Å². The maximum Gasteiger partial charge on any atom is 0.302 e. The molecule has 2 aliphatic rings. The van der Waals surface area contributed by atoms with Crippen LogP contribution in [0.25, 0.3) is 16.8 Å². The summed E-state index contributed by atoms with van der Waals surface area (Å²) in [5.41, 5.74) is 6.20. The zero-order valence-corrected chi connectivity index (χ0v) is 22.3. The Morgan fingerprint density at radius 1 is 1.00 bits per heavy atom. The highest BCUT2D eigenvalue weighted by molar-refractivity contribution is 6.51. The molecule has 0 spiro atoms. The van der Waals surface area contributed by atoms with Crippen molar-refractivity contribution in [1.29, 1.82) is 0 Å². The van der Waals surface area contributed by atoms with Crippen LogP contribution in [0.5, 0.6) is 5.75 Å². The standard InChI is InChI=1S/C32H31N3O4/c1-18(2)39-24-13-11-21(12-14-24)28-27(29(36)23-10-9-20-6-4-5-7-22(20)17-23)30(37)31(38)35(28)32-33-25-15-8-19(3)16-26(25)34-32/h8-18,28,36H,4-7H2,1-3H3,(H,33,34)/b29-27+. The van der Waals surface area contributed by atoms with E-state index in [1.54, 1.807) is 0 Å². The van der Waals surface area contributed by atoms with Crippen LogP contribution in [0.2, 0.25) is 0 Å². The van der Waals surface area contributed by atoms with Gasteiger partial charge in [0.2, 0.25) is 5.95 Å². The molecule has 1 aliphatic heterocycles. The van der Waals surface area contributed by atoms with E-state index in [4.69, 9.17) is 4.74 Å². The molecular formula is C32H31N3O4. The van der Waals surface area contributed by atoms with Crippen molar-refractivity contribution in [3.63, 3.8) is 0 Å². The summed E-state index contributed by atoms with van der Waals surface area (Å²) in [5, 5.41) is 11.6. The maximum absolute atomic E-state index is 13.6. The average molecular weight is 522 g/mol. The van der Waals surface area contributed by atoms with E-state index >= 15 is 0 Å². The van der Waals surface area contributed by atoms with Crippen LogP contribution in [0.3, 0.4) is 0 Å². The van der Waals surface area contributed by atoms with Crippen LogP contribution in [-0.4, -0.2) is 32.9 Å². The predicted octanol–water partition coefficient (Wildman–Crippen LogP) is 6.16. The number of carbonyl (C=O) groups excluding carboxylic acids is 2. The second-order valence-corrected chi connectivity index (χ2v) is 10.7. The number of hydrogen-bond acceptors (Lipinski definition) is 5. The van der Waals surface area contributed by atoms with Gasteiger partial charge in [0.05, 0.1) is 28.8 Å².